The van der Waals surface area contributed by atoms with Gasteiger partial charge in [0, 0.05) is 138 Å². The third kappa shape index (κ3) is 26.9. The molecule has 5 fully saturated rings. The van der Waals surface area contributed by atoms with Crippen molar-refractivity contribution in [3.63, 3.8) is 0 Å². The maximum atomic E-state index is 15.3. The molecule has 20 nitrogen and oxygen atoms in total. The summed E-state index contributed by atoms with van der Waals surface area (Å²) in [4.78, 5) is 105. The van der Waals surface area contributed by atoms with Gasteiger partial charge in [-0.25, -0.2) is 39.8 Å². The van der Waals surface area contributed by atoms with Crippen molar-refractivity contribution in [1.29, 1.82) is 0 Å². The van der Waals surface area contributed by atoms with Crippen LogP contribution in [0.25, 0.3) is 0 Å². The summed E-state index contributed by atoms with van der Waals surface area (Å²) in [6.45, 7) is 12.4. The lowest BCUT2D eigenvalue weighted by molar-refractivity contribution is -0.161. The van der Waals surface area contributed by atoms with Crippen LogP contribution in [0.15, 0.2) is 158 Å². The quantitative estimate of drug-likeness (QED) is 0.0248. The van der Waals surface area contributed by atoms with Gasteiger partial charge in [-0.1, -0.05) is 32.8 Å². The lowest BCUT2D eigenvalue weighted by Gasteiger charge is -2.36. The van der Waals surface area contributed by atoms with Crippen LogP contribution in [0.5, 0.6) is 0 Å². The summed E-state index contributed by atoms with van der Waals surface area (Å²) < 4.78 is 246. The van der Waals surface area contributed by atoms with Crippen LogP contribution in [0.1, 0.15) is 183 Å². The molecule has 1 atom stereocenters. The van der Waals surface area contributed by atoms with E-state index in [1.807, 2.05) is 6.92 Å². The summed E-state index contributed by atoms with van der Waals surface area (Å²) >= 11 is 0. The van der Waals surface area contributed by atoms with Gasteiger partial charge < -0.3 is 51.9 Å². The number of nitrogens with zero attached hydrogens (tertiary/aromatic N) is 4. The minimum atomic E-state index is -4.21. The molecule has 4 saturated heterocycles. The maximum absolute atomic E-state index is 15.3. The van der Waals surface area contributed by atoms with Crippen LogP contribution in [-0.4, -0.2) is 154 Å². The highest BCUT2D eigenvalue weighted by Gasteiger charge is 2.51. The predicted molar refractivity (Wildman–Crippen MR) is 473 cm³/mol. The van der Waals surface area contributed by atoms with E-state index in [4.69, 9.17) is 5.73 Å². The number of nitrogens with two attached hydrogens (primary N) is 1. The van der Waals surface area contributed by atoms with Crippen molar-refractivity contribution in [1.82, 2.24) is 29.6 Å². The molecule has 5 aliphatic rings. The molecule has 4 heterocycles. The minimum absolute atomic E-state index is 0.00544. The third-order valence-electron chi connectivity index (χ3n) is 23.6. The zero-order valence-corrected chi connectivity index (χ0v) is 74.5. The number of carbonyl (C=O) groups excluding carboxylic acids is 8. The monoisotopic (exact) mass is 1890 g/mol. The lowest BCUT2D eigenvalue weighted by Crippen LogP contribution is -2.50. The van der Waals surface area contributed by atoms with E-state index >= 15 is 26.3 Å². The average molecular weight is 1890 g/mol. The Balaban J connectivity index is 0.000000185. The number of piperidine rings is 4. The number of amides is 8. The van der Waals surface area contributed by atoms with Crippen molar-refractivity contribution in [2.45, 2.75) is 166 Å². The molecule has 0 aromatic heterocycles. The van der Waals surface area contributed by atoms with E-state index in [2.05, 4.69) is 43.8 Å². The first kappa shape index (κ1) is 103. The topological polar surface area (TPSA) is 265 Å². The van der Waals surface area contributed by atoms with Gasteiger partial charge in [-0.3, -0.25) is 42.6 Å². The number of halogens is 16. The van der Waals surface area contributed by atoms with Crippen molar-refractivity contribution < 1.29 is 113 Å². The van der Waals surface area contributed by atoms with Gasteiger partial charge in [-0.2, -0.15) is 35.1 Å². The number of carbonyl (C=O) groups is 8. The number of allylic oxidation sites excluding steroid dienone is 1. The zero-order chi connectivity index (χ0) is 97.5. The molecule has 4 aliphatic heterocycles. The van der Waals surface area contributed by atoms with Gasteiger partial charge in [-0.15, -0.1) is 0 Å². The van der Waals surface area contributed by atoms with Gasteiger partial charge in [-0.05, 0) is 277 Å². The summed E-state index contributed by atoms with van der Waals surface area (Å²) in [5, 5.41) is 12.8. The average Bonchev–Trinajstić information content (AvgIpc) is 0.791. The number of likely N-dealkylation sites (tertiary alicyclic amines) is 4. The van der Waals surface area contributed by atoms with E-state index in [1.54, 1.807) is 0 Å². The molecule has 0 spiro atoms. The molecule has 133 heavy (non-hydrogen) atoms. The first-order chi connectivity index (χ1) is 62.5. The third-order valence-corrected chi connectivity index (χ3v) is 24.5. The van der Waals surface area contributed by atoms with E-state index in [1.165, 1.54) is 99.9 Å². The fourth-order valence-corrected chi connectivity index (χ4v) is 16.7. The highest BCUT2D eigenvalue weighted by Crippen LogP contribution is 2.42. The Labute approximate surface area is 759 Å². The number of aryl methyl sites for hydroxylation is 4. The second-order valence-electron chi connectivity index (χ2n) is 34.0. The zero-order valence-electron chi connectivity index (χ0n) is 73.7. The fourth-order valence-electron chi connectivity index (χ4n) is 15.7. The van der Waals surface area contributed by atoms with E-state index in [-0.39, 0.29) is 127 Å². The normalized spacial score (nSPS) is 16.1. The summed E-state index contributed by atoms with van der Waals surface area (Å²) in [7, 11) is -2.49. The van der Waals surface area contributed by atoms with Gasteiger partial charge in [0.1, 0.15) is 46.5 Å². The Morgan fingerprint density at radius 2 is 0.647 bits per heavy atom. The Kier molecular flexibility index (Phi) is 34.2. The maximum Gasteiger partial charge on any atom is 0.352 e. The number of anilines is 4. The second kappa shape index (κ2) is 44.2. The van der Waals surface area contributed by atoms with Crippen LogP contribution < -0.4 is 37.0 Å². The van der Waals surface area contributed by atoms with Crippen LogP contribution in [-0.2, 0) is 52.6 Å². The molecule has 0 radical (unpaired) electrons. The summed E-state index contributed by atoms with van der Waals surface area (Å²) in [5.41, 5.74) is 2.01. The molecule has 1 aliphatic carbocycles. The van der Waals surface area contributed by atoms with E-state index in [0.29, 0.717) is 111 Å². The molecule has 8 amide bonds. The number of hydrogen-bond acceptors (Lipinski definition) is 11. The number of rotatable bonds is 22. The Hall–Kier alpha value is -12.1. The smallest absolute Gasteiger partial charge is 0.352 e. The Morgan fingerprint density at radius 1 is 0.376 bits per heavy atom. The molecule has 1 saturated carbocycles. The van der Waals surface area contributed by atoms with E-state index in [0.717, 1.165) is 107 Å². The Bertz CT molecular complexity index is 5600. The van der Waals surface area contributed by atoms with Crippen LogP contribution >= 0.6 is 0 Å². The summed E-state index contributed by atoms with van der Waals surface area (Å²) in [5.74, 6) is -26.7. The first-order valence-corrected chi connectivity index (χ1v) is 45.1. The Morgan fingerprint density at radius 3 is 0.940 bits per heavy atom. The molecule has 13 rings (SSSR count). The first-order valence-electron chi connectivity index (χ1n) is 43.0. The number of nitrogens with one attached hydrogen (secondary N) is 6. The van der Waals surface area contributed by atoms with Gasteiger partial charge >= 0.3 is 23.7 Å². The van der Waals surface area contributed by atoms with Crippen molar-refractivity contribution in [2.75, 3.05) is 79.9 Å². The molecule has 0 bridgehead atoms. The van der Waals surface area contributed by atoms with Crippen LogP contribution in [0.2, 0.25) is 0 Å². The minimum Gasteiger partial charge on any atom is -0.370 e. The molecule has 8 N–H and O–H groups in total. The van der Waals surface area contributed by atoms with Gasteiger partial charge in [0.05, 0.1) is 28.0 Å². The fraction of sp³-hybridized carbons (Fsp3) is 0.385. The van der Waals surface area contributed by atoms with Crippen LogP contribution in [0.4, 0.5) is 93.0 Å². The highest BCUT2D eigenvalue weighted by molar-refractivity contribution is 7.97. The van der Waals surface area contributed by atoms with Crippen LogP contribution in [0.3, 0.4) is 0 Å². The molecular weight excluding hydrogens is 1790 g/mol. The summed E-state index contributed by atoms with van der Waals surface area (Å²) in [6.07, 6.45) is 10.9. The van der Waals surface area contributed by atoms with Crippen molar-refractivity contribution in [3.8, 4) is 0 Å². The van der Waals surface area contributed by atoms with E-state index < -0.39 is 149 Å². The molecule has 714 valence electrons. The molecule has 8 aromatic rings. The number of alkyl halides is 8. The van der Waals surface area contributed by atoms with Crippen molar-refractivity contribution in [3.05, 3.63) is 271 Å². The highest BCUT2D eigenvalue weighted by atomic mass is 32.2. The van der Waals surface area contributed by atoms with Crippen molar-refractivity contribution >= 4 is 85.6 Å². The number of benzene rings is 8. The van der Waals surface area contributed by atoms with Crippen LogP contribution in [0, 0.1) is 86.1 Å². The predicted octanol–water partition coefficient (Wildman–Crippen LogP) is 18.6. The van der Waals surface area contributed by atoms with Crippen molar-refractivity contribution in [2.24, 2.45) is 17.6 Å². The molecule has 8 aromatic carbocycles. The standard InChI is InChI=1S/C29H33F4N3O3.C23H25F4N3O3S.C22H23F4N3O.C22H22F4N2O2/c1-18-15-22(8-10-24(18)30)35-27(38)20-7-9-25(31)23(17-20)29(32,33)28(39)36-13-11-21(12-14-36)34-26(37)16-19-5-3-2-4-6-19;1-14-12-17(5-7-19(14)24)28-21(31)15-4-6-20(25)18(13-15)23(26,27)22(32)30-10-8-16(9-11-30)29-34(2,3)33;1-13-11-17(4-6-19(13)23)28-21(30)15-3-5-20(24)18(12-15)22(25,26)14(2)29-9-7-16(27)8-10-29;1-13-7-9-28(10-8-13)21(30)22(25,26)17-12-15(3-5-19(17)24)20(29)27-16-4-6-18(23)14(2)11-16/h7-10,15,17,19,21H,2-6,11-14,16H2,1H3,(H,34,37)(H,35,38);4-7,12-13,16H,2,8-11H2,1,3H3,(H,28,31)(H,29,33);3-6,11-12,16H,2,7-10,27H2,1H3,(H,28,30);3-6,11-13H,7-10H2,1-2H3,(H,27,29). The molecule has 1 unspecified atom stereocenters. The number of hydrogen-bond donors (Lipinski definition) is 7. The molecular formula is C96H103F16N11O9S. The lowest BCUT2D eigenvalue weighted by atomic mass is 9.86. The van der Waals surface area contributed by atoms with Gasteiger partial charge in [0.15, 0.2) is 0 Å². The summed E-state index contributed by atoms with van der Waals surface area (Å²) in [6, 6.07) is 24.9. The SMILES string of the molecule is C=C(N1CCC(N)CC1)C(F)(F)c1cc(C(=O)Nc2ccc(F)c(C)c2)ccc1F.C=S(C)(=O)NC1CCN(C(=O)C(F)(F)c2cc(C(=O)Nc3ccc(F)c(C)c3)ccc2F)CC1.Cc1cc(NC(=O)c2ccc(F)c(C(F)(F)C(=O)N3CCC(C)CC3)c2)ccc1F.Cc1cc(NC(=O)c2ccc(F)c(C(F)(F)C(=O)N3CCC(NC(=O)CC4CCCCC4)CC3)c2)ccc1F. The largest absolute Gasteiger partial charge is 0.370 e. The van der Waals surface area contributed by atoms with Gasteiger partial charge in [0.2, 0.25) is 5.91 Å². The van der Waals surface area contributed by atoms with Gasteiger partial charge in [0.25, 0.3) is 41.4 Å². The van der Waals surface area contributed by atoms with E-state index in [9.17, 15) is 86.5 Å². The molecule has 37 heteroatoms. The second-order valence-corrected chi connectivity index (χ2v) is 36.3.